The smallest absolute Gasteiger partial charge is 0.320 e. The third-order valence-corrected chi connectivity index (χ3v) is 5.71. The molecule has 0 saturated carbocycles. The van der Waals surface area contributed by atoms with Crippen molar-refractivity contribution in [2.75, 3.05) is 49.5 Å². The molecule has 11 heteroatoms. The number of piperazine rings is 1. The second-order valence-corrected chi connectivity index (χ2v) is 9.69. The quantitative estimate of drug-likeness (QED) is 0.488. The molecule has 1 aliphatic rings. The van der Waals surface area contributed by atoms with Gasteiger partial charge in [0.05, 0.1) is 0 Å². The number of amides is 3. The second kappa shape index (κ2) is 15.0. The SMILES string of the molecule is CC(C)CCN.CC(C)CCNC(=O)Nc1ccc(N2CCN(C(=O)c3c(F)cccc3F)CC2)nn1. The first-order valence-corrected chi connectivity index (χ1v) is 12.7. The highest BCUT2D eigenvalue weighted by Crippen LogP contribution is 2.18. The molecular weight excluding hydrogens is 480 g/mol. The maximum Gasteiger partial charge on any atom is 0.320 e. The molecule has 0 atom stereocenters. The van der Waals surface area contributed by atoms with E-state index in [0.29, 0.717) is 50.3 Å². The Morgan fingerprint density at radius 2 is 1.57 bits per heavy atom. The average Bonchev–Trinajstić information content (AvgIpc) is 2.84. The number of aromatic nitrogens is 2. The molecule has 3 amide bonds. The van der Waals surface area contributed by atoms with Crippen LogP contribution in [0.1, 0.15) is 50.9 Å². The van der Waals surface area contributed by atoms with Crippen molar-refractivity contribution in [3.8, 4) is 0 Å². The average molecular weight is 520 g/mol. The molecule has 0 spiro atoms. The number of carbonyl (C=O) groups is 2. The normalized spacial score (nSPS) is 13.3. The van der Waals surface area contributed by atoms with Gasteiger partial charge in [0.25, 0.3) is 5.91 Å². The number of hydrogen-bond donors (Lipinski definition) is 3. The molecule has 37 heavy (non-hydrogen) atoms. The molecule has 2 aromatic rings. The molecule has 0 bridgehead atoms. The lowest BCUT2D eigenvalue weighted by Crippen LogP contribution is -2.49. The van der Waals surface area contributed by atoms with E-state index >= 15 is 0 Å². The highest BCUT2D eigenvalue weighted by molar-refractivity contribution is 5.95. The van der Waals surface area contributed by atoms with Gasteiger partial charge in [-0.25, -0.2) is 13.6 Å². The molecule has 1 saturated heterocycles. The van der Waals surface area contributed by atoms with Crippen LogP contribution in [-0.4, -0.2) is 66.3 Å². The minimum Gasteiger partial charge on any atom is -0.352 e. The topological polar surface area (TPSA) is 116 Å². The number of benzene rings is 1. The van der Waals surface area contributed by atoms with Gasteiger partial charge in [-0.15, -0.1) is 10.2 Å². The van der Waals surface area contributed by atoms with E-state index in [4.69, 9.17) is 5.73 Å². The van der Waals surface area contributed by atoms with Gasteiger partial charge >= 0.3 is 6.03 Å². The Bertz CT molecular complexity index is 975. The van der Waals surface area contributed by atoms with Crippen LogP contribution in [0.3, 0.4) is 0 Å². The van der Waals surface area contributed by atoms with Crippen molar-refractivity contribution in [3.63, 3.8) is 0 Å². The Kier molecular flexibility index (Phi) is 12.1. The van der Waals surface area contributed by atoms with Crippen molar-refractivity contribution < 1.29 is 18.4 Å². The van der Waals surface area contributed by atoms with Crippen LogP contribution >= 0.6 is 0 Å². The summed E-state index contributed by atoms with van der Waals surface area (Å²) in [5.41, 5.74) is 4.70. The Labute approximate surface area is 217 Å². The van der Waals surface area contributed by atoms with Gasteiger partial charge in [-0.1, -0.05) is 33.8 Å². The van der Waals surface area contributed by atoms with Crippen LogP contribution in [0.4, 0.5) is 25.2 Å². The van der Waals surface area contributed by atoms with Crippen LogP contribution in [0, 0.1) is 23.5 Å². The van der Waals surface area contributed by atoms with E-state index < -0.39 is 23.1 Å². The zero-order valence-electron chi connectivity index (χ0n) is 22.1. The fourth-order valence-corrected chi connectivity index (χ4v) is 3.53. The molecule has 3 rings (SSSR count). The van der Waals surface area contributed by atoms with Crippen molar-refractivity contribution in [3.05, 3.63) is 47.5 Å². The molecule has 0 radical (unpaired) electrons. The molecule has 0 unspecified atom stereocenters. The number of nitrogens with one attached hydrogen (secondary N) is 2. The molecule has 4 N–H and O–H groups in total. The predicted octanol–water partition coefficient (Wildman–Crippen LogP) is 3.88. The van der Waals surface area contributed by atoms with E-state index in [1.54, 1.807) is 12.1 Å². The van der Waals surface area contributed by atoms with Crippen LogP contribution in [-0.2, 0) is 0 Å². The largest absolute Gasteiger partial charge is 0.352 e. The minimum atomic E-state index is -0.866. The van der Waals surface area contributed by atoms with Gasteiger partial charge in [-0.05, 0) is 55.5 Å². The zero-order chi connectivity index (χ0) is 27.4. The van der Waals surface area contributed by atoms with Crippen molar-refractivity contribution in [2.24, 2.45) is 17.6 Å². The predicted molar refractivity (Wildman–Crippen MR) is 141 cm³/mol. The summed E-state index contributed by atoms with van der Waals surface area (Å²) in [6.07, 6.45) is 2.04. The van der Waals surface area contributed by atoms with Gasteiger partial charge in [0.2, 0.25) is 0 Å². The fraction of sp³-hybridized carbons (Fsp3) is 0.538. The lowest BCUT2D eigenvalue weighted by molar-refractivity contribution is 0.0736. The van der Waals surface area contributed by atoms with Gasteiger partial charge in [0.1, 0.15) is 17.2 Å². The summed E-state index contributed by atoms with van der Waals surface area (Å²) in [6, 6.07) is 6.41. The lowest BCUT2D eigenvalue weighted by Gasteiger charge is -2.35. The van der Waals surface area contributed by atoms with E-state index in [2.05, 4.69) is 48.5 Å². The number of nitrogens with zero attached hydrogens (tertiary/aromatic N) is 4. The number of nitrogens with two attached hydrogens (primary N) is 1. The number of hydrogen-bond acceptors (Lipinski definition) is 6. The van der Waals surface area contributed by atoms with Gasteiger partial charge in [-0.2, -0.15) is 0 Å². The summed E-state index contributed by atoms with van der Waals surface area (Å²) in [5.74, 6) is -0.200. The highest BCUT2D eigenvalue weighted by Gasteiger charge is 2.27. The molecular formula is C26H39F2N7O2. The third-order valence-electron chi connectivity index (χ3n) is 5.71. The summed E-state index contributed by atoms with van der Waals surface area (Å²) in [4.78, 5) is 27.7. The van der Waals surface area contributed by atoms with Crippen LogP contribution in [0.2, 0.25) is 0 Å². The number of anilines is 2. The Morgan fingerprint density at radius 3 is 2.05 bits per heavy atom. The van der Waals surface area contributed by atoms with Gasteiger partial charge in [-0.3, -0.25) is 10.1 Å². The van der Waals surface area contributed by atoms with Crippen molar-refractivity contribution >= 4 is 23.6 Å². The second-order valence-electron chi connectivity index (χ2n) is 9.69. The van der Waals surface area contributed by atoms with Crippen LogP contribution in [0.15, 0.2) is 30.3 Å². The van der Waals surface area contributed by atoms with Crippen molar-refractivity contribution in [2.45, 2.75) is 40.5 Å². The van der Waals surface area contributed by atoms with E-state index in [-0.39, 0.29) is 6.03 Å². The number of rotatable bonds is 8. The summed E-state index contributed by atoms with van der Waals surface area (Å²) < 4.78 is 27.8. The summed E-state index contributed by atoms with van der Waals surface area (Å²) in [5, 5.41) is 13.5. The van der Waals surface area contributed by atoms with Crippen LogP contribution in [0.25, 0.3) is 0 Å². The monoisotopic (exact) mass is 519 g/mol. The molecule has 1 aliphatic heterocycles. The van der Waals surface area contributed by atoms with E-state index in [9.17, 15) is 18.4 Å². The highest BCUT2D eigenvalue weighted by atomic mass is 19.1. The third kappa shape index (κ3) is 9.91. The van der Waals surface area contributed by atoms with Gasteiger partial charge in [0, 0.05) is 32.7 Å². The first kappa shape index (κ1) is 29.9. The van der Waals surface area contributed by atoms with E-state index in [0.717, 1.165) is 37.4 Å². The summed E-state index contributed by atoms with van der Waals surface area (Å²) in [6.45, 7) is 11.4. The van der Waals surface area contributed by atoms with Gasteiger partial charge in [0.15, 0.2) is 11.6 Å². The van der Waals surface area contributed by atoms with E-state index in [1.165, 1.54) is 11.0 Å². The Balaban J connectivity index is 0.000000717. The minimum absolute atomic E-state index is 0.298. The Morgan fingerprint density at radius 1 is 0.946 bits per heavy atom. The molecule has 1 aromatic heterocycles. The van der Waals surface area contributed by atoms with Crippen LogP contribution < -0.4 is 21.3 Å². The maximum absolute atomic E-state index is 13.9. The molecule has 1 aromatic carbocycles. The first-order chi connectivity index (χ1) is 17.6. The molecule has 1 fully saturated rings. The lowest BCUT2D eigenvalue weighted by atomic mass is 10.1. The molecule has 204 valence electrons. The summed E-state index contributed by atoms with van der Waals surface area (Å²) in [7, 11) is 0. The fourth-order valence-electron chi connectivity index (χ4n) is 3.53. The van der Waals surface area contributed by atoms with Gasteiger partial charge < -0.3 is 20.9 Å². The molecule has 9 nitrogen and oxygen atoms in total. The number of halogens is 2. The van der Waals surface area contributed by atoms with Crippen molar-refractivity contribution in [1.29, 1.82) is 0 Å². The first-order valence-electron chi connectivity index (χ1n) is 12.7. The standard InChI is InChI=1S/C21H26F2N6O2.C5H13N/c1-14(2)8-9-24-21(31)25-17-6-7-18(27-26-17)28-10-12-29(13-11-28)20(30)19-15(22)4-3-5-16(19)23;1-5(2)3-4-6/h3-7,14H,8-13H2,1-2H3,(H2,24,25,26,31);5H,3-4,6H2,1-2H3. The van der Waals surface area contributed by atoms with E-state index in [1.807, 2.05) is 4.90 Å². The van der Waals surface area contributed by atoms with Crippen LogP contribution in [0.5, 0.6) is 0 Å². The number of carbonyl (C=O) groups excluding carboxylic acids is 2. The summed E-state index contributed by atoms with van der Waals surface area (Å²) >= 11 is 0. The zero-order valence-corrected chi connectivity index (χ0v) is 22.1. The maximum atomic E-state index is 13.9. The number of urea groups is 1. The molecule has 0 aliphatic carbocycles. The Hall–Kier alpha value is -3.34. The molecule has 2 heterocycles. The van der Waals surface area contributed by atoms with Crippen molar-refractivity contribution in [1.82, 2.24) is 20.4 Å².